The van der Waals surface area contributed by atoms with Crippen molar-refractivity contribution in [2.75, 3.05) is 19.4 Å². The maximum Gasteiger partial charge on any atom is 0.292 e. The van der Waals surface area contributed by atoms with Crippen molar-refractivity contribution in [2.24, 2.45) is 4.99 Å². The summed E-state index contributed by atoms with van der Waals surface area (Å²) in [5.41, 5.74) is 2.12. The first-order chi connectivity index (χ1) is 7.10. The van der Waals surface area contributed by atoms with Gasteiger partial charge in [0.2, 0.25) is 0 Å². The van der Waals surface area contributed by atoms with E-state index in [9.17, 15) is 10.1 Å². The van der Waals surface area contributed by atoms with E-state index in [0.717, 1.165) is 11.3 Å². The molecule has 0 saturated heterocycles. The Bertz CT molecular complexity index is 413. The highest BCUT2D eigenvalue weighted by atomic mass is 16.6. The Balaban J connectivity index is 3.28. The molecule has 0 radical (unpaired) electrons. The molecule has 0 amide bonds. The number of nitro benzene ring substituents is 1. The molecule has 1 rings (SSSR count). The van der Waals surface area contributed by atoms with Gasteiger partial charge in [0, 0.05) is 31.4 Å². The van der Waals surface area contributed by atoms with Crippen molar-refractivity contribution in [3.8, 4) is 0 Å². The Kier molecular flexibility index (Phi) is 3.38. The van der Waals surface area contributed by atoms with Crippen molar-refractivity contribution >= 4 is 17.1 Å². The molecule has 0 atom stereocenters. The minimum Gasteiger partial charge on any atom is -0.383 e. The van der Waals surface area contributed by atoms with Crippen LogP contribution in [0.2, 0.25) is 0 Å². The second-order valence-corrected chi connectivity index (χ2v) is 3.05. The zero-order chi connectivity index (χ0) is 11.4. The van der Waals surface area contributed by atoms with Gasteiger partial charge in [-0.05, 0) is 13.0 Å². The smallest absolute Gasteiger partial charge is 0.292 e. The highest BCUT2D eigenvalue weighted by Crippen LogP contribution is 2.25. The second-order valence-electron chi connectivity index (χ2n) is 3.05. The van der Waals surface area contributed by atoms with Gasteiger partial charge in [-0.15, -0.1) is 0 Å². The monoisotopic (exact) mass is 207 g/mol. The van der Waals surface area contributed by atoms with Crippen LogP contribution < -0.4 is 5.32 Å². The van der Waals surface area contributed by atoms with Crippen LogP contribution in [0.3, 0.4) is 0 Å². The number of nitrogens with one attached hydrogen (secondary N) is 1. The largest absolute Gasteiger partial charge is 0.383 e. The number of hydrogen-bond acceptors (Lipinski definition) is 4. The number of nitrogens with zero attached hydrogens (tertiary/aromatic N) is 2. The molecule has 5 heteroatoms. The van der Waals surface area contributed by atoms with E-state index in [2.05, 4.69) is 10.3 Å². The van der Waals surface area contributed by atoms with Gasteiger partial charge in [0.15, 0.2) is 0 Å². The number of aliphatic imine (C=N–C) groups is 1. The topological polar surface area (TPSA) is 67.5 Å². The SMILES string of the molecule is CN=C(C)c1ccc(NC)c([N+](=O)[O-])c1. The minimum absolute atomic E-state index is 0.0676. The average Bonchev–Trinajstić information content (AvgIpc) is 2.27. The van der Waals surface area contributed by atoms with Gasteiger partial charge in [0.1, 0.15) is 5.69 Å². The van der Waals surface area contributed by atoms with Crippen LogP contribution in [-0.4, -0.2) is 24.7 Å². The van der Waals surface area contributed by atoms with Crippen molar-refractivity contribution in [1.82, 2.24) is 0 Å². The van der Waals surface area contributed by atoms with E-state index in [1.807, 2.05) is 6.92 Å². The number of rotatable bonds is 3. The normalized spacial score (nSPS) is 11.3. The number of anilines is 1. The Morgan fingerprint density at radius 3 is 2.67 bits per heavy atom. The summed E-state index contributed by atoms with van der Waals surface area (Å²) in [6.07, 6.45) is 0. The molecule has 1 N–H and O–H groups in total. The van der Waals surface area contributed by atoms with Crippen LogP contribution in [-0.2, 0) is 0 Å². The van der Waals surface area contributed by atoms with Crippen LogP contribution in [0.5, 0.6) is 0 Å². The molecule has 5 nitrogen and oxygen atoms in total. The maximum atomic E-state index is 10.8. The summed E-state index contributed by atoms with van der Waals surface area (Å²) in [7, 11) is 3.32. The summed E-state index contributed by atoms with van der Waals surface area (Å²) in [6, 6.07) is 5.01. The van der Waals surface area contributed by atoms with Crippen LogP contribution in [0.15, 0.2) is 23.2 Å². The molecule has 0 aromatic heterocycles. The first-order valence-corrected chi connectivity index (χ1v) is 4.50. The zero-order valence-corrected chi connectivity index (χ0v) is 8.94. The van der Waals surface area contributed by atoms with Crippen molar-refractivity contribution in [1.29, 1.82) is 0 Å². The lowest BCUT2D eigenvalue weighted by atomic mass is 10.1. The summed E-state index contributed by atoms with van der Waals surface area (Å²) in [5, 5.41) is 13.5. The van der Waals surface area contributed by atoms with Gasteiger partial charge < -0.3 is 5.32 Å². The fourth-order valence-corrected chi connectivity index (χ4v) is 1.25. The highest BCUT2D eigenvalue weighted by molar-refractivity contribution is 5.99. The number of benzene rings is 1. The molecule has 1 aromatic carbocycles. The van der Waals surface area contributed by atoms with Crippen molar-refractivity contribution < 1.29 is 4.92 Å². The Labute approximate surface area is 88.0 Å². The molecular weight excluding hydrogens is 194 g/mol. The molecule has 15 heavy (non-hydrogen) atoms. The summed E-state index contributed by atoms with van der Waals surface area (Å²) in [5.74, 6) is 0. The van der Waals surface area contributed by atoms with E-state index in [-0.39, 0.29) is 5.69 Å². The molecule has 0 heterocycles. The van der Waals surface area contributed by atoms with Gasteiger partial charge in [0.25, 0.3) is 5.69 Å². The van der Waals surface area contributed by atoms with E-state index in [0.29, 0.717) is 5.69 Å². The van der Waals surface area contributed by atoms with Gasteiger partial charge in [0.05, 0.1) is 4.92 Å². The zero-order valence-electron chi connectivity index (χ0n) is 8.94. The lowest BCUT2D eigenvalue weighted by Crippen LogP contribution is -2.00. The van der Waals surface area contributed by atoms with Crippen LogP contribution in [0.4, 0.5) is 11.4 Å². The lowest BCUT2D eigenvalue weighted by molar-refractivity contribution is -0.383. The van der Waals surface area contributed by atoms with Gasteiger partial charge in [-0.25, -0.2) is 0 Å². The maximum absolute atomic E-state index is 10.8. The highest BCUT2D eigenvalue weighted by Gasteiger charge is 2.13. The molecule has 80 valence electrons. The third-order valence-corrected chi connectivity index (χ3v) is 2.22. The standard InChI is InChI=1S/C10H13N3O2/c1-7(11-2)8-4-5-9(12-3)10(6-8)13(14)15/h4-6,12H,1-3H3. The number of hydrogen-bond donors (Lipinski definition) is 1. The molecule has 0 spiro atoms. The third-order valence-electron chi connectivity index (χ3n) is 2.22. The minimum atomic E-state index is -0.404. The summed E-state index contributed by atoms with van der Waals surface area (Å²) < 4.78 is 0. The summed E-state index contributed by atoms with van der Waals surface area (Å²) in [4.78, 5) is 14.4. The molecule has 0 aliphatic heterocycles. The molecule has 0 aliphatic carbocycles. The predicted molar refractivity (Wildman–Crippen MR) is 60.8 cm³/mol. The first-order valence-electron chi connectivity index (χ1n) is 4.50. The Morgan fingerprint density at radius 1 is 1.53 bits per heavy atom. The summed E-state index contributed by atoms with van der Waals surface area (Å²) in [6.45, 7) is 1.82. The molecule has 0 bridgehead atoms. The fourth-order valence-electron chi connectivity index (χ4n) is 1.25. The van der Waals surface area contributed by atoms with Crippen LogP contribution in [0, 0.1) is 10.1 Å². The summed E-state index contributed by atoms with van der Waals surface area (Å²) >= 11 is 0. The van der Waals surface area contributed by atoms with Crippen LogP contribution in [0.1, 0.15) is 12.5 Å². The molecule has 0 fully saturated rings. The van der Waals surface area contributed by atoms with Crippen molar-refractivity contribution in [2.45, 2.75) is 6.92 Å². The molecule has 0 aliphatic rings. The molecular formula is C10H13N3O2. The Hall–Kier alpha value is -1.91. The van der Waals surface area contributed by atoms with Crippen molar-refractivity contribution in [3.63, 3.8) is 0 Å². The fraction of sp³-hybridized carbons (Fsp3) is 0.300. The van der Waals surface area contributed by atoms with Gasteiger partial charge in [-0.2, -0.15) is 0 Å². The van der Waals surface area contributed by atoms with Gasteiger partial charge in [-0.1, -0.05) is 6.07 Å². The van der Waals surface area contributed by atoms with Gasteiger partial charge >= 0.3 is 0 Å². The number of nitro groups is 1. The molecule has 1 aromatic rings. The first kappa shape index (κ1) is 11.2. The molecule has 0 saturated carbocycles. The van der Waals surface area contributed by atoms with Crippen molar-refractivity contribution in [3.05, 3.63) is 33.9 Å². The van der Waals surface area contributed by atoms with E-state index in [4.69, 9.17) is 0 Å². The predicted octanol–water partition coefficient (Wildman–Crippen LogP) is 2.08. The second kappa shape index (κ2) is 4.54. The average molecular weight is 207 g/mol. The van der Waals surface area contributed by atoms with E-state index < -0.39 is 4.92 Å². The van der Waals surface area contributed by atoms with E-state index >= 15 is 0 Å². The van der Waals surface area contributed by atoms with Gasteiger partial charge in [-0.3, -0.25) is 15.1 Å². The Morgan fingerprint density at radius 2 is 2.20 bits per heavy atom. The quantitative estimate of drug-likeness (QED) is 0.468. The third kappa shape index (κ3) is 2.31. The van der Waals surface area contributed by atoms with E-state index in [1.54, 1.807) is 26.2 Å². The van der Waals surface area contributed by atoms with Crippen LogP contribution in [0.25, 0.3) is 0 Å². The lowest BCUT2D eigenvalue weighted by Gasteiger charge is -2.04. The molecule has 0 unspecified atom stereocenters. The van der Waals surface area contributed by atoms with Crippen LogP contribution >= 0.6 is 0 Å². The van der Waals surface area contributed by atoms with E-state index in [1.165, 1.54) is 6.07 Å².